The number of nitrogens with zero attached hydrogens (tertiary/aromatic N) is 1. The first kappa shape index (κ1) is 21.5. The van der Waals surface area contributed by atoms with E-state index in [1.807, 2.05) is 6.92 Å². The van der Waals surface area contributed by atoms with E-state index in [1.54, 1.807) is 38.1 Å². The van der Waals surface area contributed by atoms with Gasteiger partial charge in [0.15, 0.2) is 17.6 Å². The molecule has 1 fully saturated rings. The maximum absolute atomic E-state index is 12.9. The molecule has 1 N–H and O–H groups in total. The third kappa shape index (κ3) is 5.37. The number of nitrogens with one attached hydrogen (secondary N) is 1. The van der Waals surface area contributed by atoms with Crippen LogP contribution in [0.15, 0.2) is 24.3 Å². The minimum Gasteiger partial charge on any atom is -0.493 e. The fraction of sp³-hybridized carbons (Fsp3) is 0.550. The lowest BCUT2D eigenvalue weighted by Crippen LogP contribution is -2.60. The van der Waals surface area contributed by atoms with Crippen molar-refractivity contribution in [1.29, 1.82) is 0 Å². The first-order chi connectivity index (χ1) is 13.4. The highest BCUT2D eigenvalue weighted by Gasteiger charge is 2.37. The second kappa shape index (κ2) is 9.96. The van der Waals surface area contributed by atoms with E-state index in [2.05, 4.69) is 5.32 Å². The average Bonchev–Trinajstić information content (AvgIpc) is 2.69. The second-order valence-electron chi connectivity index (χ2n) is 6.66. The first-order valence-electron chi connectivity index (χ1n) is 9.44. The Morgan fingerprint density at radius 2 is 1.93 bits per heavy atom. The number of hydrogen-bond donors (Lipinski definition) is 1. The predicted octanol–water partition coefficient (Wildman–Crippen LogP) is 1.52. The molecule has 1 aromatic carbocycles. The SMILES string of the molecule is CCC(C)OC(=O)CC1C(=O)NCCN1C(=O)C(C)Oc1ccccc1OC. The van der Waals surface area contributed by atoms with Crippen LogP contribution in [0.25, 0.3) is 0 Å². The van der Waals surface area contributed by atoms with Gasteiger partial charge < -0.3 is 24.4 Å². The molecule has 0 aromatic heterocycles. The van der Waals surface area contributed by atoms with Gasteiger partial charge in [-0.3, -0.25) is 14.4 Å². The zero-order chi connectivity index (χ0) is 20.7. The Bertz CT molecular complexity index is 708. The highest BCUT2D eigenvalue weighted by molar-refractivity contribution is 5.93. The zero-order valence-corrected chi connectivity index (χ0v) is 16.8. The van der Waals surface area contributed by atoms with Crippen LogP contribution in [0.5, 0.6) is 11.5 Å². The van der Waals surface area contributed by atoms with Crippen LogP contribution >= 0.6 is 0 Å². The highest BCUT2D eigenvalue weighted by Crippen LogP contribution is 2.27. The molecular formula is C20H28N2O6. The molecule has 0 spiro atoms. The fourth-order valence-corrected chi connectivity index (χ4v) is 2.89. The van der Waals surface area contributed by atoms with Gasteiger partial charge in [0.2, 0.25) is 5.91 Å². The number of benzene rings is 1. The lowest BCUT2D eigenvalue weighted by atomic mass is 10.1. The maximum atomic E-state index is 12.9. The smallest absolute Gasteiger partial charge is 0.308 e. The summed E-state index contributed by atoms with van der Waals surface area (Å²) >= 11 is 0. The molecule has 2 rings (SSSR count). The minimum absolute atomic E-state index is 0.191. The Kier molecular flexibility index (Phi) is 7.66. The number of amides is 2. The van der Waals surface area contributed by atoms with E-state index in [4.69, 9.17) is 14.2 Å². The number of hydrogen-bond acceptors (Lipinski definition) is 6. The van der Waals surface area contributed by atoms with Gasteiger partial charge in [0.25, 0.3) is 5.91 Å². The topological polar surface area (TPSA) is 94.2 Å². The van der Waals surface area contributed by atoms with Crippen molar-refractivity contribution in [2.75, 3.05) is 20.2 Å². The number of rotatable bonds is 8. The van der Waals surface area contributed by atoms with E-state index in [1.165, 1.54) is 12.0 Å². The Hall–Kier alpha value is -2.77. The van der Waals surface area contributed by atoms with E-state index in [0.717, 1.165) is 0 Å². The number of carbonyl (C=O) groups excluding carboxylic acids is 3. The Balaban J connectivity index is 2.09. The maximum Gasteiger partial charge on any atom is 0.308 e. The summed E-state index contributed by atoms with van der Waals surface area (Å²) in [6.45, 7) is 5.91. The van der Waals surface area contributed by atoms with Gasteiger partial charge in [-0.2, -0.15) is 0 Å². The van der Waals surface area contributed by atoms with Crippen molar-refractivity contribution in [3.05, 3.63) is 24.3 Å². The summed E-state index contributed by atoms with van der Waals surface area (Å²) in [5, 5.41) is 2.70. The Morgan fingerprint density at radius 1 is 1.25 bits per heavy atom. The molecule has 8 heteroatoms. The molecule has 0 saturated carbocycles. The summed E-state index contributed by atoms with van der Waals surface area (Å²) in [6.07, 6.45) is -0.607. The lowest BCUT2D eigenvalue weighted by Gasteiger charge is -2.36. The molecule has 154 valence electrons. The summed E-state index contributed by atoms with van der Waals surface area (Å²) in [4.78, 5) is 38.8. The van der Waals surface area contributed by atoms with Crippen LogP contribution in [0.2, 0.25) is 0 Å². The molecule has 2 amide bonds. The van der Waals surface area contributed by atoms with E-state index in [-0.39, 0.29) is 24.3 Å². The second-order valence-corrected chi connectivity index (χ2v) is 6.66. The number of para-hydroxylation sites is 2. The highest BCUT2D eigenvalue weighted by atomic mass is 16.5. The van der Waals surface area contributed by atoms with Crippen LogP contribution in [0.1, 0.15) is 33.6 Å². The van der Waals surface area contributed by atoms with Gasteiger partial charge in [-0.1, -0.05) is 19.1 Å². The predicted molar refractivity (Wildman–Crippen MR) is 102 cm³/mol. The van der Waals surface area contributed by atoms with Crippen molar-refractivity contribution in [3.8, 4) is 11.5 Å². The van der Waals surface area contributed by atoms with Crippen molar-refractivity contribution < 1.29 is 28.6 Å². The van der Waals surface area contributed by atoms with E-state index in [0.29, 0.717) is 31.0 Å². The average molecular weight is 392 g/mol. The van der Waals surface area contributed by atoms with Gasteiger partial charge >= 0.3 is 5.97 Å². The summed E-state index contributed by atoms with van der Waals surface area (Å²) in [7, 11) is 1.52. The monoisotopic (exact) mass is 392 g/mol. The van der Waals surface area contributed by atoms with Gasteiger partial charge in [0.05, 0.1) is 19.6 Å². The van der Waals surface area contributed by atoms with Crippen LogP contribution in [-0.2, 0) is 19.1 Å². The van der Waals surface area contributed by atoms with Crippen molar-refractivity contribution in [1.82, 2.24) is 10.2 Å². The number of ether oxygens (including phenoxy) is 3. The molecule has 1 aliphatic heterocycles. The number of esters is 1. The molecule has 0 aliphatic carbocycles. The number of carbonyl (C=O) groups is 3. The minimum atomic E-state index is -0.915. The van der Waals surface area contributed by atoms with Crippen LogP contribution in [0, 0.1) is 0 Å². The fourth-order valence-electron chi connectivity index (χ4n) is 2.89. The first-order valence-corrected chi connectivity index (χ1v) is 9.44. The van der Waals surface area contributed by atoms with Gasteiger partial charge in [0, 0.05) is 13.1 Å². The van der Waals surface area contributed by atoms with E-state index in [9.17, 15) is 14.4 Å². The van der Waals surface area contributed by atoms with Crippen molar-refractivity contribution in [2.24, 2.45) is 0 Å². The van der Waals surface area contributed by atoms with Gasteiger partial charge in [-0.05, 0) is 32.4 Å². The van der Waals surface area contributed by atoms with Gasteiger partial charge in [0.1, 0.15) is 6.04 Å². The molecule has 0 radical (unpaired) electrons. The number of methoxy groups -OCH3 is 1. The largest absolute Gasteiger partial charge is 0.493 e. The summed E-state index contributed by atoms with van der Waals surface area (Å²) < 4.78 is 16.3. The summed E-state index contributed by atoms with van der Waals surface area (Å²) in [5.41, 5.74) is 0. The molecule has 28 heavy (non-hydrogen) atoms. The standard InChI is InChI=1S/C20H28N2O6/c1-5-13(2)27-18(23)12-15-19(24)21-10-11-22(15)20(25)14(3)28-17-9-7-6-8-16(17)26-4/h6-9,13-15H,5,10-12H2,1-4H3,(H,21,24). The quantitative estimate of drug-likeness (QED) is 0.674. The molecule has 1 aromatic rings. The molecule has 1 heterocycles. The van der Waals surface area contributed by atoms with Crippen LogP contribution in [0.3, 0.4) is 0 Å². The third-order valence-electron chi connectivity index (χ3n) is 4.60. The summed E-state index contributed by atoms with van der Waals surface area (Å²) in [6, 6.07) is 6.09. The summed E-state index contributed by atoms with van der Waals surface area (Å²) in [5.74, 6) is -0.313. The van der Waals surface area contributed by atoms with Crippen molar-refractivity contribution in [2.45, 2.75) is 51.9 Å². The van der Waals surface area contributed by atoms with E-state index < -0.39 is 18.1 Å². The zero-order valence-electron chi connectivity index (χ0n) is 16.8. The van der Waals surface area contributed by atoms with Crippen LogP contribution < -0.4 is 14.8 Å². The Morgan fingerprint density at radius 3 is 2.57 bits per heavy atom. The Labute approximate surface area is 165 Å². The van der Waals surface area contributed by atoms with Crippen molar-refractivity contribution in [3.63, 3.8) is 0 Å². The van der Waals surface area contributed by atoms with Crippen LogP contribution in [-0.4, -0.2) is 61.1 Å². The van der Waals surface area contributed by atoms with E-state index >= 15 is 0 Å². The molecule has 8 nitrogen and oxygen atoms in total. The van der Waals surface area contributed by atoms with Crippen LogP contribution in [0.4, 0.5) is 0 Å². The molecule has 0 bridgehead atoms. The number of piperazine rings is 1. The van der Waals surface area contributed by atoms with Crippen molar-refractivity contribution >= 4 is 17.8 Å². The lowest BCUT2D eigenvalue weighted by molar-refractivity contribution is -0.156. The molecular weight excluding hydrogens is 364 g/mol. The van der Waals surface area contributed by atoms with Gasteiger partial charge in [-0.15, -0.1) is 0 Å². The molecule has 1 saturated heterocycles. The molecule has 1 aliphatic rings. The molecule has 3 unspecified atom stereocenters. The normalized spacial score (nSPS) is 18.6. The third-order valence-corrected chi connectivity index (χ3v) is 4.60. The van der Waals surface area contributed by atoms with Gasteiger partial charge in [-0.25, -0.2) is 0 Å². The molecule has 3 atom stereocenters.